The highest BCUT2D eigenvalue weighted by atomic mass is 79.9. The van der Waals surface area contributed by atoms with Gasteiger partial charge in [-0.15, -0.1) is 0 Å². The van der Waals surface area contributed by atoms with E-state index in [1.807, 2.05) is 38.1 Å². The van der Waals surface area contributed by atoms with Crippen molar-refractivity contribution in [3.05, 3.63) is 45.8 Å². The van der Waals surface area contributed by atoms with Gasteiger partial charge in [-0.3, -0.25) is 4.21 Å². The predicted octanol–water partition coefficient (Wildman–Crippen LogP) is 3.36. The molecule has 0 unspecified atom stereocenters. The summed E-state index contributed by atoms with van der Waals surface area (Å²) in [5.74, 6) is 1.19. The molecule has 1 aromatic carbocycles. The molecule has 0 radical (unpaired) electrons. The predicted molar refractivity (Wildman–Crippen MR) is 70.2 cm³/mol. The fourth-order valence-corrected chi connectivity index (χ4v) is 3.05. The molecule has 0 aliphatic heterocycles. The van der Waals surface area contributed by atoms with Gasteiger partial charge < -0.3 is 4.52 Å². The van der Waals surface area contributed by atoms with Crippen molar-refractivity contribution in [3.63, 3.8) is 0 Å². The molecule has 0 saturated carbocycles. The van der Waals surface area contributed by atoms with E-state index < -0.39 is 10.8 Å². The molecule has 2 rings (SSSR count). The van der Waals surface area contributed by atoms with Crippen LogP contribution in [0.1, 0.15) is 17.0 Å². The maximum Gasteiger partial charge on any atom is 0.138 e. The molecule has 0 aliphatic carbocycles. The van der Waals surface area contributed by atoms with Crippen LogP contribution < -0.4 is 0 Å². The second kappa shape index (κ2) is 5.14. The minimum Gasteiger partial charge on any atom is -0.361 e. The highest BCUT2D eigenvalue weighted by molar-refractivity contribution is 9.10. The first-order valence-electron chi connectivity index (χ1n) is 5.13. The molecule has 1 atom stereocenters. The van der Waals surface area contributed by atoms with Crippen molar-refractivity contribution in [1.29, 1.82) is 0 Å². The third-order valence-electron chi connectivity index (χ3n) is 2.53. The van der Waals surface area contributed by atoms with E-state index in [1.165, 1.54) is 0 Å². The van der Waals surface area contributed by atoms with Crippen LogP contribution in [0.4, 0.5) is 0 Å². The van der Waals surface area contributed by atoms with Crippen LogP contribution in [0.2, 0.25) is 0 Å². The Kier molecular flexibility index (Phi) is 3.79. The first kappa shape index (κ1) is 12.5. The summed E-state index contributed by atoms with van der Waals surface area (Å²) < 4.78 is 18.2. The SMILES string of the molecule is Cc1noc(C)c1C[S@](=O)c1ccc(Br)cc1. The van der Waals surface area contributed by atoms with Gasteiger partial charge in [-0.05, 0) is 38.1 Å². The molecule has 0 amide bonds. The average Bonchev–Trinajstić information content (AvgIpc) is 2.61. The van der Waals surface area contributed by atoms with Crippen LogP contribution in [-0.2, 0) is 16.6 Å². The van der Waals surface area contributed by atoms with E-state index >= 15 is 0 Å². The van der Waals surface area contributed by atoms with Crippen LogP contribution >= 0.6 is 15.9 Å². The fraction of sp³-hybridized carbons (Fsp3) is 0.250. The van der Waals surface area contributed by atoms with E-state index in [2.05, 4.69) is 21.1 Å². The van der Waals surface area contributed by atoms with Gasteiger partial charge in [0.25, 0.3) is 0 Å². The van der Waals surface area contributed by atoms with E-state index in [4.69, 9.17) is 4.52 Å². The summed E-state index contributed by atoms with van der Waals surface area (Å²) in [6.45, 7) is 3.71. The van der Waals surface area contributed by atoms with Gasteiger partial charge in [0.2, 0.25) is 0 Å². The van der Waals surface area contributed by atoms with Gasteiger partial charge in [-0.2, -0.15) is 0 Å². The molecule has 0 spiro atoms. The number of hydrogen-bond donors (Lipinski definition) is 0. The summed E-state index contributed by atoms with van der Waals surface area (Å²) in [4.78, 5) is 0.813. The molecule has 1 heterocycles. The van der Waals surface area contributed by atoms with Gasteiger partial charge in [0.15, 0.2) is 0 Å². The number of rotatable bonds is 3. The van der Waals surface area contributed by atoms with Gasteiger partial charge in [-0.1, -0.05) is 21.1 Å². The monoisotopic (exact) mass is 313 g/mol. The van der Waals surface area contributed by atoms with Crippen molar-refractivity contribution < 1.29 is 8.73 Å². The first-order chi connectivity index (χ1) is 8.08. The maximum absolute atomic E-state index is 12.2. The lowest BCUT2D eigenvalue weighted by Gasteiger charge is -2.02. The van der Waals surface area contributed by atoms with Crippen LogP contribution in [0.15, 0.2) is 38.2 Å². The number of aromatic nitrogens is 1. The van der Waals surface area contributed by atoms with Crippen molar-refractivity contribution in [3.8, 4) is 0 Å². The summed E-state index contributed by atoms with van der Waals surface area (Å²) in [5.41, 5.74) is 1.75. The zero-order chi connectivity index (χ0) is 12.4. The lowest BCUT2D eigenvalue weighted by atomic mass is 10.2. The zero-order valence-corrected chi connectivity index (χ0v) is 12.0. The largest absolute Gasteiger partial charge is 0.361 e. The summed E-state index contributed by atoms with van der Waals surface area (Å²) in [6.07, 6.45) is 0. The second-order valence-corrected chi connectivity index (χ2v) is 6.11. The van der Waals surface area contributed by atoms with Crippen molar-refractivity contribution in [2.45, 2.75) is 24.5 Å². The Morgan fingerprint density at radius 2 is 1.94 bits per heavy atom. The lowest BCUT2D eigenvalue weighted by molar-refractivity contribution is 0.392. The number of benzene rings is 1. The highest BCUT2D eigenvalue weighted by Gasteiger charge is 2.13. The van der Waals surface area contributed by atoms with Crippen molar-refractivity contribution in [2.75, 3.05) is 0 Å². The molecule has 0 aliphatic rings. The minimum absolute atomic E-state index is 0.447. The molecular formula is C12H12BrNO2S. The topological polar surface area (TPSA) is 43.1 Å². The zero-order valence-electron chi connectivity index (χ0n) is 9.57. The lowest BCUT2D eigenvalue weighted by Crippen LogP contribution is -1.98. The minimum atomic E-state index is -1.06. The molecule has 0 saturated heterocycles. The standard InChI is InChI=1S/C12H12BrNO2S/c1-8-12(9(2)16-14-8)7-17(15)11-5-3-10(13)4-6-11/h3-6H,7H2,1-2H3/t17-/m0/s1. The number of aryl methyl sites for hydroxylation is 2. The van der Waals surface area contributed by atoms with Crippen molar-refractivity contribution in [1.82, 2.24) is 5.16 Å². The average molecular weight is 314 g/mol. The first-order valence-corrected chi connectivity index (χ1v) is 7.25. The number of nitrogens with zero attached hydrogens (tertiary/aromatic N) is 1. The van der Waals surface area contributed by atoms with E-state index in [9.17, 15) is 4.21 Å². The van der Waals surface area contributed by atoms with Crippen LogP contribution in [0.25, 0.3) is 0 Å². The Balaban J connectivity index is 2.20. The van der Waals surface area contributed by atoms with Crippen LogP contribution in [-0.4, -0.2) is 9.37 Å². The van der Waals surface area contributed by atoms with Gasteiger partial charge in [0.1, 0.15) is 5.76 Å². The highest BCUT2D eigenvalue weighted by Crippen LogP contribution is 2.19. The summed E-state index contributed by atoms with van der Waals surface area (Å²) in [7, 11) is -1.06. The molecule has 2 aromatic rings. The van der Waals surface area contributed by atoms with E-state index in [0.29, 0.717) is 5.75 Å². The molecule has 5 heteroatoms. The third-order valence-corrected chi connectivity index (χ3v) is 4.41. The molecule has 17 heavy (non-hydrogen) atoms. The number of halogens is 1. The third kappa shape index (κ3) is 2.84. The fourth-order valence-electron chi connectivity index (χ4n) is 1.51. The summed E-state index contributed by atoms with van der Waals surface area (Å²) in [5, 5.41) is 3.86. The van der Waals surface area contributed by atoms with Crippen LogP contribution in [0.5, 0.6) is 0 Å². The number of hydrogen-bond acceptors (Lipinski definition) is 3. The van der Waals surface area contributed by atoms with E-state index in [1.54, 1.807) is 0 Å². The maximum atomic E-state index is 12.2. The van der Waals surface area contributed by atoms with Crippen LogP contribution in [0, 0.1) is 13.8 Å². The molecule has 1 aromatic heterocycles. The molecule has 0 bridgehead atoms. The van der Waals surface area contributed by atoms with Gasteiger partial charge in [0, 0.05) is 14.9 Å². The Hall–Kier alpha value is -0.940. The summed E-state index contributed by atoms with van der Waals surface area (Å²) in [6, 6.07) is 7.50. The Morgan fingerprint density at radius 3 is 2.47 bits per heavy atom. The van der Waals surface area contributed by atoms with Gasteiger partial charge in [-0.25, -0.2) is 0 Å². The Morgan fingerprint density at radius 1 is 1.29 bits per heavy atom. The molecule has 0 fully saturated rings. The second-order valence-electron chi connectivity index (χ2n) is 3.75. The normalized spacial score (nSPS) is 12.6. The molecule has 3 nitrogen and oxygen atoms in total. The van der Waals surface area contributed by atoms with Crippen molar-refractivity contribution >= 4 is 26.7 Å². The smallest absolute Gasteiger partial charge is 0.138 e. The van der Waals surface area contributed by atoms with Gasteiger partial charge >= 0.3 is 0 Å². The Labute approximate surface area is 111 Å². The van der Waals surface area contributed by atoms with Crippen molar-refractivity contribution in [2.24, 2.45) is 0 Å². The van der Waals surface area contributed by atoms with E-state index in [-0.39, 0.29) is 0 Å². The molecular weight excluding hydrogens is 302 g/mol. The van der Waals surface area contributed by atoms with E-state index in [0.717, 1.165) is 26.4 Å². The van der Waals surface area contributed by atoms with Gasteiger partial charge in [0.05, 0.1) is 22.2 Å². The summed E-state index contributed by atoms with van der Waals surface area (Å²) >= 11 is 3.35. The Bertz CT molecular complexity index is 529. The molecule has 90 valence electrons. The molecule has 0 N–H and O–H groups in total. The quantitative estimate of drug-likeness (QED) is 0.872. The van der Waals surface area contributed by atoms with Crippen LogP contribution in [0.3, 0.4) is 0 Å².